The van der Waals surface area contributed by atoms with Gasteiger partial charge in [-0.2, -0.15) is 0 Å². The Kier molecular flexibility index (Phi) is 5.01. The van der Waals surface area contributed by atoms with Crippen molar-refractivity contribution in [2.45, 2.75) is 38.5 Å². The SMILES string of the molecule is NCC1CCCC(C(=O)N2CCC(CO)CC2)C1. The van der Waals surface area contributed by atoms with Gasteiger partial charge in [0.1, 0.15) is 0 Å². The molecule has 2 unspecified atom stereocenters. The maximum Gasteiger partial charge on any atom is 0.225 e. The monoisotopic (exact) mass is 254 g/mol. The number of nitrogens with zero attached hydrogens (tertiary/aromatic N) is 1. The number of aliphatic hydroxyl groups is 1. The maximum atomic E-state index is 12.4. The van der Waals surface area contributed by atoms with E-state index in [2.05, 4.69) is 0 Å². The first-order valence-corrected chi connectivity index (χ1v) is 7.34. The highest BCUT2D eigenvalue weighted by atomic mass is 16.3. The van der Waals surface area contributed by atoms with Gasteiger partial charge in [0, 0.05) is 25.6 Å². The van der Waals surface area contributed by atoms with Crippen molar-refractivity contribution >= 4 is 5.91 Å². The van der Waals surface area contributed by atoms with E-state index in [-0.39, 0.29) is 12.5 Å². The predicted molar refractivity (Wildman–Crippen MR) is 70.9 cm³/mol. The molecule has 1 aliphatic heterocycles. The van der Waals surface area contributed by atoms with Gasteiger partial charge in [0.15, 0.2) is 0 Å². The summed E-state index contributed by atoms with van der Waals surface area (Å²) in [5.41, 5.74) is 5.73. The van der Waals surface area contributed by atoms with Crippen LogP contribution in [0.25, 0.3) is 0 Å². The van der Waals surface area contributed by atoms with Crippen LogP contribution >= 0.6 is 0 Å². The fourth-order valence-electron chi connectivity index (χ4n) is 3.32. The number of amides is 1. The van der Waals surface area contributed by atoms with Crippen molar-refractivity contribution < 1.29 is 9.90 Å². The molecule has 3 N–H and O–H groups in total. The standard InChI is InChI=1S/C14H26N2O2/c15-9-12-2-1-3-13(8-12)14(18)16-6-4-11(10-17)5-7-16/h11-13,17H,1-10,15H2. The largest absolute Gasteiger partial charge is 0.396 e. The van der Waals surface area contributed by atoms with E-state index in [1.807, 2.05) is 4.90 Å². The van der Waals surface area contributed by atoms with Gasteiger partial charge < -0.3 is 15.7 Å². The highest BCUT2D eigenvalue weighted by molar-refractivity contribution is 5.79. The molecular formula is C14H26N2O2. The molecule has 0 aromatic heterocycles. The van der Waals surface area contributed by atoms with Gasteiger partial charge in [0.2, 0.25) is 5.91 Å². The second-order valence-corrected chi connectivity index (χ2v) is 5.92. The van der Waals surface area contributed by atoms with Crippen molar-refractivity contribution in [3.63, 3.8) is 0 Å². The van der Waals surface area contributed by atoms with Crippen molar-refractivity contribution in [1.82, 2.24) is 4.90 Å². The van der Waals surface area contributed by atoms with Gasteiger partial charge in [0.05, 0.1) is 0 Å². The smallest absolute Gasteiger partial charge is 0.225 e. The molecule has 1 heterocycles. The number of carbonyl (C=O) groups is 1. The lowest BCUT2D eigenvalue weighted by atomic mass is 9.80. The van der Waals surface area contributed by atoms with Gasteiger partial charge in [0.25, 0.3) is 0 Å². The fourth-order valence-corrected chi connectivity index (χ4v) is 3.32. The summed E-state index contributed by atoms with van der Waals surface area (Å²) in [4.78, 5) is 14.4. The third kappa shape index (κ3) is 3.23. The molecule has 4 heteroatoms. The minimum Gasteiger partial charge on any atom is -0.396 e. The first-order valence-electron chi connectivity index (χ1n) is 7.34. The zero-order chi connectivity index (χ0) is 13.0. The van der Waals surface area contributed by atoms with E-state index in [9.17, 15) is 4.79 Å². The fraction of sp³-hybridized carbons (Fsp3) is 0.929. The first-order chi connectivity index (χ1) is 8.74. The van der Waals surface area contributed by atoms with Crippen LogP contribution in [-0.2, 0) is 4.79 Å². The van der Waals surface area contributed by atoms with Crippen molar-refractivity contribution in [2.24, 2.45) is 23.5 Å². The van der Waals surface area contributed by atoms with E-state index in [0.717, 1.165) is 51.7 Å². The average molecular weight is 254 g/mol. The number of rotatable bonds is 3. The molecule has 2 aliphatic rings. The summed E-state index contributed by atoms with van der Waals surface area (Å²) in [5.74, 6) is 1.49. The van der Waals surface area contributed by atoms with Gasteiger partial charge in [-0.15, -0.1) is 0 Å². The lowest BCUT2D eigenvalue weighted by Gasteiger charge is -2.36. The number of piperidine rings is 1. The number of hydrogen-bond donors (Lipinski definition) is 2. The quantitative estimate of drug-likeness (QED) is 0.789. The molecule has 104 valence electrons. The molecule has 0 spiro atoms. The Hall–Kier alpha value is -0.610. The lowest BCUT2D eigenvalue weighted by Crippen LogP contribution is -2.43. The Morgan fingerprint density at radius 3 is 2.50 bits per heavy atom. The molecule has 1 saturated carbocycles. The van der Waals surface area contributed by atoms with Crippen LogP contribution in [0.15, 0.2) is 0 Å². The summed E-state index contributed by atoms with van der Waals surface area (Å²) in [6.45, 7) is 2.64. The zero-order valence-electron chi connectivity index (χ0n) is 11.2. The van der Waals surface area contributed by atoms with Crippen LogP contribution in [0.4, 0.5) is 0 Å². The molecule has 4 nitrogen and oxygen atoms in total. The minimum atomic E-state index is 0.206. The molecular weight excluding hydrogens is 228 g/mol. The van der Waals surface area contributed by atoms with Crippen LogP contribution < -0.4 is 5.73 Å². The topological polar surface area (TPSA) is 66.6 Å². The van der Waals surface area contributed by atoms with E-state index in [1.165, 1.54) is 6.42 Å². The Balaban J connectivity index is 1.83. The van der Waals surface area contributed by atoms with Gasteiger partial charge >= 0.3 is 0 Å². The van der Waals surface area contributed by atoms with Crippen molar-refractivity contribution in [1.29, 1.82) is 0 Å². The van der Waals surface area contributed by atoms with E-state index >= 15 is 0 Å². The van der Waals surface area contributed by atoms with Gasteiger partial charge in [-0.05, 0) is 50.5 Å². The van der Waals surface area contributed by atoms with Crippen LogP contribution in [0.3, 0.4) is 0 Å². The molecule has 0 radical (unpaired) electrons. The van der Waals surface area contributed by atoms with Crippen molar-refractivity contribution in [3.8, 4) is 0 Å². The zero-order valence-corrected chi connectivity index (χ0v) is 11.2. The van der Waals surface area contributed by atoms with Gasteiger partial charge in [-0.25, -0.2) is 0 Å². The summed E-state index contributed by atoms with van der Waals surface area (Å²) in [7, 11) is 0. The van der Waals surface area contributed by atoms with E-state index < -0.39 is 0 Å². The number of aliphatic hydroxyl groups excluding tert-OH is 1. The molecule has 18 heavy (non-hydrogen) atoms. The molecule has 1 aliphatic carbocycles. The van der Waals surface area contributed by atoms with E-state index in [1.54, 1.807) is 0 Å². The van der Waals surface area contributed by atoms with Crippen molar-refractivity contribution in [2.75, 3.05) is 26.2 Å². The summed E-state index contributed by atoms with van der Waals surface area (Å²) >= 11 is 0. The minimum absolute atomic E-state index is 0.206. The second-order valence-electron chi connectivity index (χ2n) is 5.92. The third-order valence-electron chi connectivity index (χ3n) is 4.65. The van der Waals surface area contributed by atoms with Crippen molar-refractivity contribution in [3.05, 3.63) is 0 Å². The lowest BCUT2D eigenvalue weighted by molar-refractivity contribution is -0.138. The molecule has 0 bridgehead atoms. The highest BCUT2D eigenvalue weighted by Gasteiger charge is 2.31. The number of carbonyl (C=O) groups excluding carboxylic acids is 1. The molecule has 2 atom stereocenters. The van der Waals surface area contributed by atoms with Crippen LogP contribution in [0.2, 0.25) is 0 Å². The maximum absolute atomic E-state index is 12.4. The number of nitrogens with two attached hydrogens (primary N) is 1. The highest BCUT2D eigenvalue weighted by Crippen LogP contribution is 2.30. The Morgan fingerprint density at radius 1 is 1.17 bits per heavy atom. The number of likely N-dealkylation sites (tertiary alicyclic amines) is 1. The molecule has 2 rings (SSSR count). The normalized spacial score (nSPS) is 30.4. The summed E-state index contributed by atoms with van der Waals surface area (Å²) in [5, 5.41) is 9.11. The van der Waals surface area contributed by atoms with Crippen LogP contribution in [-0.4, -0.2) is 42.2 Å². The molecule has 0 aromatic carbocycles. The van der Waals surface area contributed by atoms with Crippen LogP contribution in [0.5, 0.6) is 0 Å². The Labute approximate surface area is 110 Å². The Bertz CT molecular complexity index is 275. The van der Waals surface area contributed by atoms with Gasteiger partial charge in [-0.3, -0.25) is 4.79 Å². The van der Waals surface area contributed by atoms with Crippen LogP contribution in [0, 0.1) is 17.8 Å². The van der Waals surface area contributed by atoms with Gasteiger partial charge in [-0.1, -0.05) is 6.42 Å². The van der Waals surface area contributed by atoms with E-state index in [4.69, 9.17) is 10.8 Å². The summed E-state index contributed by atoms with van der Waals surface area (Å²) in [6.07, 6.45) is 6.26. The second kappa shape index (κ2) is 6.53. The Morgan fingerprint density at radius 2 is 1.89 bits per heavy atom. The molecule has 1 saturated heterocycles. The van der Waals surface area contributed by atoms with Crippen LogP contribution in [0.1, 0.15) is 38.5 Å². The molecule has 0 aromatic rings. The predicted octanol–water partition coefficient (Wildman–Crippen LogP) is 0.982. The number of hydrogen-bond acceptors (Lipinski definition) is 3. The summed E-state index contributed by atoms with van der Waals surface area (Å²) in [6, 6.07) is 0. The third-order valence-corrected chi connectivity index (χ3v) is 4.65. The molecule has 2 fully saturated rings. The molecule has 1 amide bonds. The first kappa shape index (κ1) is 13.8. The van der Waals surface area contributed by atoms with E-state index in [0.29, 0.717) is 17.7 Å². The summed E-state index contributed by atoms with van der Waals surface area (Å²) < 4.78 is 0. The average Bonchev–Trinajstić information content (AvgIpc) is 2.46.